The highest BCUT2D eigenvalue weighted by atomic mass is 16.5. The number of nitrogens with two attached hydrogens (primary N) is 1. The van der Waals surface area contributed by atoms with Crippen molar-refractivity contribution in [3.63, 3.8) is 0 Å². The smallest absolute Gasteiger partial charge is 0.237 e. The summed E-state index contributed by atoms with van der Waals surface area (Å²) in [7, 11) is 3.18. The summed E-state index contributed by atoms with van der Waals surface area (Å²) in [6.45, 7) is 3.52. The molecule has 1 aromatic carbocycles. The molecule has 0 radical (unpaired) electrons. The van der Waals surface area contributed by atoms with E-state index in [1.54, 1.807) is 21.1 Å². The van der Waals surface area contributed by atoms with Crippen LogP contribution in [0.1, 0.15) is 25.5 Å². The summed E-state index contributed by atoms with van der Waals surface area (Å²) in [5, 5.41) is 2.82. The van der Waals surface area contributed by atoms with E-state index in [1.807, 2.05) is 25.1 Å². The maximum atomic E-state index is 11.6. The predicted octanol–water partition coefficient (Wildman–Crippen LogP) is 1.23. The van der Waals surface area contributed by atoms with E-state index in [1.165, 1.54) is 0 Å². The Kier molecular flexibility index (Phi) is 4.97. The third-order valence-corrected chi connectivity index (χ3v) is 2.68. The molecule has 0 fully saturated rings. The third-order valence-electron chi connectivity index (χ3n) is 2.68. The number of ether oxygens (including phenoxy) is 2. The highest BCUT2D eigenvalue weighted by Gasteiger charge is 2.16. The van der Waals surface area contributed by atoms with Gasteiger partial charge in [0.05, 0.1) is 26.3 Å². The van der Waals surface area contributed by atoms with Gasteiger partial charge in [0.2, 0.25) is 5.91 Å². The van der Waals surface area contributed by atoms with Gasteiger partial charge in [-0.3, -0.25) is 4.79 Å². The Labute approximate surface area is 107 Å². The van der Waals surface area contributed by atoms with E-state index in [0.29, 0.717) is 11.5 Å². The average Bonchev–Trinajstić information content (AvgIpc) is 2.37. The van der Waals surface area contributed by atoms with E-state index in [0.717, 1.165) is 5.56 Å². The Bertz CT molecular complexity index is 419. The maximum absolute atomic E-state index is 11.6. The van der Waals surface area contributed by atoms with E-state index in [9.17, 15) is 4.79 Å². The van der Waals surface area contributed by atoms with Gasteiger partial charge in [-0.2, -0.15) is 0 Å². The molecule has 18 heavy (non-hydrogen) atoms. The van der Waals surface area contributed by atoms with Gasteiger partial charge in [0, 0.05) is 5.56 Å². The van der Waals surface area contributed by atoms with Crippen molar-refractivity contribution in [1.29, 1.82) is 0 Å². The number of methoxy groups -OCH3 is 2. The molecule has 0 spiro atoms. The first kappa shape index (κ1) is 14.3. The lowest BCUT2D eigenvalue weighted by atomic mass is 10.1. The van der Waals surface area contributed by atoms with Crippen molar-refractivity contribution in [3.05, 3.63) is 23.8 Å². The van der Waals surface area contributed by atoms with Crippen LogP contribution in [0, 0.1) is 0 Å². The fourth-order valence-electron chi connectivity index (χ4n) is 1.60. The zero-order valence-electron chi connectivity index (χ0n) is 11.2. The molecule has 0 saturated heterocycles. The number of hydrogen-bond donors (Lipinski definition) is 2. The number of hydrogen-bond acceptors (Lipinski definition) is 4. The van der Waals surface area contributed by atoms with Crippen molar-refractivity contribution >= 4 is 5.91 Å². The fraction of sp³-hybridized carbons (Fsp3) is 0.462. The molecule has 2 atom stereocenters. The van der Waals surface area contributed by atoms with Gasteiger partial charge in [-0.25, -0.2) is 0 Å². The molecule has 100 valence electrons. The van der Waals surface area contributed by atoms with Gasteiger partial charge in [0.15, 0.2) is 0 Å². The third kappa shape index (κ3) is 3.37. The Balaban J connectivity index is 2.95. The van der Waals surface area contributed by atoms with E-state index in [2.05, 4.69) is 5.32 Å². The second-order valence-electron chi connectivity index (χ2n) is 4.13. The van der Waals surface area contributed by atoms with E-state index >= 15 is 0 Å². The number of rotatable bonds is 5. The van der Waals surface area contributed by atoms with Crippen molar-refractivity contribution in [3.8, 4) is 11.5 Å². The van der Waals surface area contributed by atoms with Crippen LogP contribution in [-0.4, -0.2) is 26.2 Å². The zero-order chi connectivity index (χ0) is 13.7. The minimum atomic E-state index is -0.538. The topological polar surface area (TPSA) is 73.6 Å². The molecular formula is C13H20N2O3. The fourth-order valence-corrected chi connectivity index (χ4v) is 1.60. The van der Waals surface area contributed by atoms with Crippen molar-refractivity contribution < 1.29 is 14.3 Å². The lowest BCUT2D eigenvalue weighted by Crippen LogP contribution is -2.39. The molecule has 0 aliphatic heterocycles. The van der Waals surface area contributed by atoms with Crippen LogP contribution in [0.25, 0.3) is 0 Å². The van der Waals surface area contributed by atoms with Gasteiger partial charge in [-0.05, 0) is 32.0 Å². The van der Waals surface area contributed by atoms with Crippen LogP contribution in [0.15, 0.2) is 18.2 Å². The minimum Gasteiger partial charge on any atom is -0.497 e. The van der Waals surface area contributed by atoms with Crippen LogP contribution in [0.2, 0.25) is 0 Å². The zero-order valence-corrected chi connectivity index (χ0v) is 11.2. The van der Waals surface area contributed by atoms with Gasteiger partial charge < -0.3 is 20.5 Å². The lowest BCUT2D eigenvalue weighted by molar-refractivity contribution is -0.122. The number of benzene rings is 1. The predicted molar refractivity (Wildman–Crippen MR) is 69.8 cm³/mol. The van der Waals surface area contributed by atoms with Crippen LogP contribution >= 0.6 is 0 Å². The largest absolute Gasteiger partial charge is 0.497 e. The van der Waals surface area contributed by atoms with Crippen LogP contribution < -0.4 is 20.5 Å². The molecule has 0 heterocycles. The van der Waals surface area contributed by atoms with Crippen LogP contribution in [0.5, 0.6) is 11.5 Å². The first-order chi connectivity index (χ1) is 8.49. The van der Waals surface area contributed by atoms with Gasteiger partial charge in [-0.15, -0.1) is 0 Å². The summed E-state index contributed by atoms with van der Waals surface area (Å²) in [6, 6.07) is 4.72. The average molecular weight is 252 g/mol. The Morgan fingerprint density at radius 1 is 1.28 bits per heavy atom. The molecule has 1 amide bonds. The van der Waals surface area contributed by atoms with E-state index in [-0.39, 0.29) is 11.9 Å². The highest BCUT2D eigenvalue weighted by molar-refractivity contribution is 5.81. The lowest BCUT2D eigenvalue weighted by Gasteiger charge is -2.19. The van der Waals surface area contributed by atoms with Gasteiger partial charge >= 0.3 is 0 Å². The molecule has 0 aromatic heterocycles. The van der Waals surface area contributed by atoms with Crippen molar-refractivity contribution in [2.24, 2.45) is 5.73 Å². The molecule has 5 heteroatoms. The summed E-state index contributed by atoms with van der Waals surface area (Å²) in [5.74, 6) is 1.22. The normalized spacial score (nSPS) is 13.6. The first-order valence-corrected chi connectivity index (χ1v) is 5.77. The molecule has 0 saturated carbocycles. The molecule has 0 aliphatic carbocycles. The summed E-state index contributed by atoms with van der Waals surface area (Å²) >= 11 is 0. The Morgan fingerprint density at radius 3 is 2.44 bits per heavy atom. The van der Waals surface area contributed by atoms with Crippen LogP contribution in [0.3, 0.4) is 0 Å². The highest BCUT2D eigenvalue weighted by Crippen LogP contribution is 2.29. The Hall–Kier alpha value is -1.75. The molecule has 0 aliphatic rings. The second kappa shape index (κ2) is 6.26. The van der Waals surface area contributed by atoms with Crippen molar-refractivity contribution in [1.82, 2.24) is 5.32 Å². The summed E-state index contributed by atoms with van der Waals surface area (Å²) in [5.41, 5.74) is 6.37. The monoisotopic (exact) mass is 252 g/mol. The molecular weight excluding hydrogens is 232 g/mol. The maximum Gasteiger partial charge on any atom is 0.237 e. The minimum absolute atomic E-state index is 0.200. The number of carbonyl (C=O) groups is 1. The second-order valence-corrected chi connectivity index (χ2v) is 4.13. The van der Waals surface area contributed by atoms with Gasteiger partial charge in [0.25, 0.3) is 0 Å². The van der Waals surface area contributed by atoms with Crippen LogP contribution in [-0.2, 0) is 4.79 Å². The SMILES string of the molecule is COc1ccc(OC)c(C(C)NC(=O)[C@@H](C)N)c1. The van der Waals surface area contributed by atoms with Crippen molar-refractivity contribution in [2.45, 2.75) is 25.9 Å². The van der Waals surface area contributed by atoms with Crippen molar-refractivity contribution in [2.75, 3.05) is 14.2 Å². The standard InChI is InChI=1S/C13H20N2O3/c1-8(14)13(16)15-9(2)11-7-10(17-3)5-6-12(11)18-4/h5-9H,14H2,1-4H3,(H,15,16)/t8-,9?/m1/s1. The molecule has 0 bridgehead atoms. The number of carbonyl (C=O) groups excluding carboxylic acids is 1. The van der Waals surface area contributed by atoms with Gasteiger partial charge in [-0.1, -0.05) is 0 Å². The number of amides is 1. The Morgan fingerprint density at radius 2 is 1.94 bits per heavy atom. The molecule has 3 N–H and O–H groups in total. The van der Waals surface area contributed by atoms with E-state index < -0.39 is 6.04 Å². The number of nitrogens with one attached hydrogen (secondary N) is 1. The molecule has 1 unspecified atom stereocenters. The summed E-state index contributed by atoms with van der Waals surface area (Å²) < 4.78 is 10.4. The molecule has 1 aromatic rings. The molecule has 5 nitrogen and oxygen atoms in total. The van der Waals surface area contributed by atoms with Crippen LogP contribution in [0.4, 0.5) is 0 Å². The molecule has 1 rings (SSSR count). The summed E-state index contributed by atoms with van der Waals surface area (Å²) in [4.78, 5) is 11.6. The van der Waals surface area contributed by atoms with E-state index in [4.69, 9.17) is 15.2 Å². The quantitative estimate of drug-likeness (QED) is 0.826. The first-order valence-electron chi connectivity index (χ1n) is 5.77. The summed E-state index contributed by atoms with van der Waals surface area (Å²) in [6.07, 6.45) is 0. The van der Waals surface area contributed by atoms with Gasteiger partial charge in [0.1, 0.15) is 11.5 Å².